The first-order valence-electron chi connectivity index (χ1n) is 20.8. The van der Waals surface area contributed by atoms with E-state index >= 15 is 0 Å². The molecule has 1 fully saturated rings. The van der Waals surface area contributed by atoms with Crippen LogP contribution in [0.5, 0.6) is 0 Å². The van der Waals surface area contributed by atoms with Crippen LogP contribution in [-0.2, 0) is 19.0 Å². The third-order valence-corrected chi connectivity index (χ3v) is 10.5. The largest absolute Gasteiger partial charge is 0.457 e. The zero-order chi connectivity index (χ0) is 36.1. The summed E-state index contributed by atoms with van der Waals surface area (Å²) in [6.45, 7) is 9.91. The predicted molar refractivity (Wildman–Crippen MR) is 200 cm³/mol. The van der Waals surface area contributed by atoms with Crippen molar-refractivity contribution in [1.82, 2.24) is 0 Å². The molecule has 0 bridgehead atoms. The smallest absolute Gasteiger partial charge is 0.306 e. The number of esters is 1. The van der Waals surface area contributed by atoms with Crippen LogP contribution in [0.1, 0.15) is 188 Å². The van der Waals surface area contributed by atoms with Crippen LogP contribution in [0, 0.1) is 11.8 Å². The number of aliphatic hydroxyl groups excluding tert-OH is 4. The molecule has 0 amide bonds. The maximum absolute atomic E-state index is 12.7. The van der Waals surface area contributed by atoms with E-state index in [1.807, 2.05) is 0 Å². The van der Waals surface area contributed by atoms with Crippen molar-refractivity contribution in [2.45, 2.75) is 225 Å². The molecule has 0 aliphatic heterocycles. The summed E-state index contributed by atoms with van der Waals surface area (Å²) in [6, 6.07) is 0. The van der Waals surface area contributed by atoms with Gasteiger partial charge in [0.15, 0.2) is 0 Å². The lowest BCUT2D eigenvalue weighted by Crippen LogP contribution is -2.39. The summed E-state index contributed by atoms with van der Waals surface area (Å²) < 4.78 is 17.2. The third kappa shape index (κ3) is 23.4. The molecule has 8 nitrogen and oxygen atoms in total. The van der Waals surface area contributed by atoms with Crippen LogP contribution in [0.3, 0.4) is 0 Å². The Morgan fingerprint density at radius 3 is 1.41 bits per heavy atom. The van der Waals surface area contributed by atoms with Crippen molar-refractivity contribution in [2.24, 2.45) is 11.8 Å². The predicted octanol–water partition coefficient (Wildman–Crippen LogP) is 8.82. The average molecular weight is 701 g/mol. The lowest BCUT2D eigenvalue weighted by atomic mass is 9.96. The lowest BCUT2D eigenvalue weighted by Gasteiger charge is -2.24. The Hall–Kier alpha value is -0.770. The highest BCUT2D eigenvalue weighted by atomic mass is 16.6. The van der Waals surface area contributed by atoms with Crippen molar-refractivity contribution < 1.29 is 39.4 Å². The maximum atomic E-state index is 12.7. The van der Waals surface area contributed by atoms with Crippen molar-refractivity contribution in [3.05, 3.63) is 0 Å². The molecule has 0 saturated heterocycles. The van der Waals surface area contributed by atoms with Crippen molar-refractivity contribution >= 4 is 5.97 Å². The van der Waals surface area contributed by atoms with Gasteiger partial charge < -0.3 is 34.6 Å². The van der Waals surface area contributed by atoms with Gasteiger partial charge in [-0.1, -0.05) is 169 Å². The summed E-state index contributed by atoms with van der Waals surface area (Å²) in [6.07, 6.45) is 22.5. The van der Waals surface area contributed by atoms with Gasteiger partial charge in [0.2, 0.25) is 0 Å². The molecule has 4 unspecified atom stereocenters. The molecule has 292 valence electrons. The lowest BCUT2D eigenvalue weighted by molar-refractivity contribution is -0.163. The highest BCUT2D eigenvalue weighted by molar-refractivity contribution is 5.69. The maximum Gasteiger partial charge on any atom is 0.306 e. The number of carbonyl (C=O) groups is 1. The SMILES string of the molecule is CCCCCCC(C)CCCCCCCCCOC[C@H](CO[C@@H]1C(O)[C@@H](O)[C@@H](O)C1O)OC(=O)CCCCCCCC(C)CCCCCC. The van der Waals surface area contributed by atoms with Crippen molar-refractivity contribution in [2.75, 3.05) is 19.8 Å². The molecule has 1 saturated carbocycles. The number of carbonyl (C=O) groups excluding carboxylic acids is 1. The molecule has 1 aliphatic carbocycles. The quantitative estimate of drug-likeness (QED) is 0.0388. The van der Waals surface area contributed by atoms with Gasteiger partial charge in [0.1, 0.15) is 36.6 Å². The van der Waals surface area contributed by atoms with Crippen molar-refractivity contribution in [3.8, 4) is 0 Å². The van der Waals surface area contributed by atoms with Crippen LogP contribution in [0.2, 0.25) is 0 Å². The fraction of sp³-hybridized carbons (Fsp3) is 0.976. The first-order valence-corrected chi connectivity index (χ1v) is 20.8. The second-order valence-corrected chi connectivity index (χ2v) is 15.4. The number of ether oxygens (including phenoxy) is 3. The Bertz CT molecular complexity index is 737. The van der Waals surface area contributed by atoms with E-state index < -0.39 is 36.6 Å². The molecule has 0 heterocycles. The van der Waals surface area contributed by atoms with E-state index in [1.54, 1.807) is 0 Å². The number of unbranched alkanes of at least 4 members (excludes halogenated alkanes) is 16. The van der Waals surface area contributed by atoms with Gasteiger partial charge in [-0.25, -0.2) is 0 Å². The van der Waals surface area contributed by atoms with Crippen LogP contribution in [0.4, 0.5) is 0 Å². The van der Waals surface area contributed by atoms with Gasteiger partial charge in [-0.05, 0) is 24.7 Å². The van der Waals surface area contributed by atoms with Gasteiger partial charge >= 0.3 is 5.97 Å². The molecule has 8 atom stereocenters. The molecule has 1 aliphatic rings. The molecule has 49 heavy (non-hydrogen) atoms. The molecule has 0 aromatic rings. The van der Waals surface area contributed by atoms with Gasteiger partial charge in [-0.3, -0.25) is 4.79 Å². The Kier molecular flexibility index (Phi) is 29.1. The Morgan fingerprint density at radius 1 is 0.531 bits per heavy atom. The Morgan fingerprint density at radius 2 is 0.939 bits per heavy atom. The van der Waals surface area contributed by atoms with Gasteiger partial charge in [-0.15, -0.1) is 0 Å². The first kappa shape index (κ1) is 46.3. The van der Waals surface area contributed by atoms with Gasteiger partial charge in [0.25, 0.3) is 0 Å². The Labute approximate surface area is 301 Å². The van der Waals surface area contributed by atoms with Crippen LogP contribution < -0.4 is 0 Å². The fourth-order valence-corrected chi connectivity index (χ4v) is 6.99. The second kappa shape index (κ2) is 30.8. The summed E-state index contributed by atoms with van der Waals surface area (Å²) in [5.41, 5.74) is 0. The molecule has 8 heteroatoms. The minimum atomic E-state index is -1.49. The van der Waals surface area contributed by atoms with Gasteiger partial charge in [-0.2, -0.15) is 0 Å². The summed E-state index contributed by atoms with van der Waals surface area (Å²) >= 11 is 0. The highest BCUT2D eigenvalue weighted by Crippen LogP contribution is 2.25. The van der Waals surface area contributed by atoms with Crippen LogP contribution in [-0.4, -0.2) is 82.8 Å². The van der Waals surface area contributed by atoms with E-state index in [2.05, 4.69) is 27.7 Å². The first-order chi connectivity index (χ1) is 23.7. The summed E-state index contributed by atoms with van der Waals surface area (Å²) in [4.78, 5) is 12.7. The van der Waals surface area contributed by atoms with E-state index in [0.29, 0.717) is 13.0 Å². The molecule has 1 rings (SSSR count). The summed E-state index contributed by atoms with van der Waals surface area (Å²) in [5, 5.41) is 40.2. The minimum absolute atomic E-state index is 0.0993. The summed E-state index contributed by atoms with van der Waals surface area (Å²) in [7, 11) is 0. The van der Waals surface area contributed by atoms with Crippen molar-refractivity contribution in [1.29, 1.82) is 0 Å². The summed E-state index contributed by atoms with van der Waals surface area (Å²) in [5.74, 6) is 1.34. The van der Waals surface area contributed by atoms with Crippen LogP contribution in [0.25, 0.3) is 0 Å². The highest BCUT2D eigenvalue weighted by Gasteiger charge is 2.49. The van der Waals surface area contributed by atoms with E-state index in [1.165, 1.54) is 122 Å². The number of hydrogen-bond acceptors (Lipinski definition) is 8. The molecule has 0 spiro atoms. The minimum Gasteiger partial charge on any atom is -0.457 e. The van der Waals surface area contributed by atoms with E-state index in [9.17, 15) is 25.2 Å². The second-order valence-electron chi connectivity index (χ2n) is 15.4. The van der Waals surface area contributed by atoms with Crippen LogP contribution in [0.15, 0.2) is 0 Å². The fourth-order valence-electron chi connectivity index (χ4n) is 6.99. The molecule has 0 radical (unpaired) electrons. The molecular weight excluding hydrogens is 620 g/mol. The topological polar surface area (TPSA) is 126 Å². The molecule has 0 aromatic heterocycles. The average Bonchev–Trinajstić information content (AvgIpc) is 3.26. The monoisotopic (exact) mass is 701 g/mol. The number of aliphatic hydroxyl groups is 4. The standard InChI is InChI=1S/C41H80O8/c1-5-7-9-19-25-33(3)27-21-15-12-11-13-18-24-30-47-31-35(32-48-41-39(45)37(43)38(44)40(41)46)49-36(42)29-23-17-14-16-22-28-34(4)26-20-10-8-6-2/h33-35,37-41,43-46H,5-32H2,1-4H3/t33?,34?,35-,37-,38+,39?,40?,41+/m1/s1. The molecule has 0 aromatic carbocycles. The number of rotatable bonds is 34. The van der Waals surface area contributed by atoms with Gasteiger partial charge in [0, 0.05) is 13.0 Å². The van der Waals surface area contributed by atoms with E-state index in [4.69, 9.17) is 14.2 Å². The Balaban J connectivity index is 2.26. The van der Waals surface area contributed by atoms with Gasteiger partial charge in [0.05, 0.1) is 13.2 Å². The molecular formula is C41H80O8. The van der Waals surface area contributed by atoms with E-state index in [0.717, 1.165) is 43.9 Å². The van der Waals surface area contributed by atoms with Crippen LogP contribution >= 0.6 is 0 Å². The number of hydrogen-bond donors (Lipinski definition) is 4. The van der Waals surface area contributed by atoms with Crippen molar-refractivity contribution in [3.63, 3.8) is 0 Å². The zero-order valence-electron chi connectivity index (χ0n) is 32.3. The van der Waals surface area contributed by atoms with E-state index in [-0.39, 0.29) is 19.2 Å². The third-order valence-electron chi connectivity index (χ3n) is 10.5. The zero-order valence-corrected chi connectivity index (χ0v) is 32.3. The normalized spacial score (nSPS) is 22.7. The molecule has 4 N–H and O–H groups in total.